The minimum Gasteiger partial charge on any atom is -0.321 e. The molecule has 0 unspecified atom stereocenters. The highest BCUT2D eigenvalue weighted by Crippen LogP contribution is 2.23. The van der Waals surface area contributed by atoms with Crippen LogP contribution in [-0.4, -0.2) is 30.8 Å². The zero-order valence-corrected chi connectivity index (χ0v) is 13.8. The predicted molar refractivity (Wildman–Crippen MR) is 89.8 cm³/mol. The van der Waals surface area contributed by atoms with Gasteiger partial charge in [0, 0.05) is 18.8 Å². The molecule has 1 aliphatic rings. The molecule has 1 aromatic carbocycles. The Labute approximate surface area is 140 Å². The number of benzene rings is 1. The minimum atomic E-state index is -3.46. The summed E-state index contributed by atoms with van der Waals surface area (Å²) < 4.78 is 26.7. The van der Waals surface area contributed by atoms with Crippen LogP contribution in [0, 0.1) is 11.3 Å². The molecule has 1 fully saturated rings. The fraction of sp³-hybridized carbons (Fsp3) is 0.294. The zero-order chi connectivity index (χ0) is 17.2. The molecular weight excluding hydrogens is 326 g/mol. The van der Waals surface area contributed by atoms with E-state index in [2.05, 4.69) is 4.98 Å². The molecule has 0 aliphatic carbocycles. The van der Waals surface area contributed by atoms with Crippen molar-refractivity contribution in [1.29, 1.82) is 5.26 Å². The first-order valence-corrected chi connectivity index (χ1v) is 9.20. The van der Waals surface area contributed by atoms with E-state index < -0.39 is 15.6 Å². The molecule has 0 atom stereocenters. The number of piperidine rings is 1. The Hall–Kier alpha value is -2.43. The summed E-state index contributed by atoms with van der Waals surface area (Å²) in [6, 6.07) is 11.3. The third kappa shape index (κ3) is 3.11. The number of H-pyrrole nitrogens is 1. The highest BCUT2D eigenvalue weighted by Gasteiger charge is 2.25. The van der Waals surface area contributed by atoms with E-state index in [-0.39, 0.29) is 10.5 Å². The van der Waals surface area contributed by atoms with Crippen LogP contribution in [-0.2, 0) is 10.0 Å². The number of nitrogens with one attached hydrogen (secondary N) is 1. The van der Waals surface area contributed by atoms with Crippen molar-refractivity contribution in [1.82, 2.24) is 9.29 Å². The Balaban J connectivity index is 1.89. The Morgan fingerprint density at radius 3 is 2.25 bits per heavy atom. The first-order valence-electron chi connectivity index (χ1n) is 7.76. The summed E-state index contributed by atoms with van der Waals surface area (Å²) in [6.07, 6.45) is 2.85. The zero-order valence-electron chi connectivity index (χ0n) is 13.0. The number of pyridine rings is 1. The van der Waals surface area contributed by atoms with Crippen LogP contribution in [0.15, 0.2) is 46.1 Å². The molecule has 1 N–H and O–H groups in total. The molecule has 7 heteroatoms. The highest BCUT2D eigenvalue weighted by molar-refractivity contribution is 7.89. The molecule has 124 valence electrons. The monoisotopic (exact) mass is 343 g/mol. The van der Waals surface area contributed by atoms with Crippen LogP contribution < -0.4 is 5.56 Å². The summed E-state index contributed by atoms with van der Waals surface area (Å²) >= 11 is 0. The van der Waals surface area contributed by atoms with E-state index in [1.54, 1.807) is 30.3 Å². The molecule has 0 spiro atoms. The van der Waals surface area contributed by atoms with E-state index in [0.717, 1.165) is 19.3 Å². The SMILES string of the molecule is N#Cc1ccc(-c2ccc(S(=O)(=O)N3CCCCC3)cc2)[nH]c1=O. The van der Waals surface area contributed by atoms with E-state index in [1.807, 2.05) is 6.07 Å². The molecule has 2 aromatic rings. The third-order valence-electron chi connectivity index (χ3n) is 4.15. The molecule has 1 aliphatic heterocycles. The molecular formula is C17H17N3O3S. The summed E-state index contributed by atoms with van der Waals surface area (Å²) in [7, 11) is -3.46. The van der Waals surface area contributed by atoms with E-state index in [1.165, 1.54) is 10.4 Å². The lowest BCUT2D eigenvalue weighted by Crippen LogP contribution is -2.35. The number of aromatic nitrogens is 1. The van der Waals surface area contributed by atoms with Crippen LogP contribution in [0.3, 0.4) is 0 Å². The largest absolute Gasteiger partial charge is 0.321 e. The topological polar surface area (TPSA) is 94.0 Å². The number of aromatic amines is 1. The molecule has 0 radical (unpaired) electrons. The van der Waals surface area contributed by atoms with Crippen LogP contribution in [0.2, 0.25) is 0 Å². The van der Waals surface area contributed by atoms with Crippen LogP contribution in [0.4, 0.5) is 0 Å². The molecule has 6 nitrogen and oxygen atoms in total. The van der Waals surface area contributed by atoms with Gasteiger partial charge >= 0.3 is 0 Å². The molecule has 3 rings (SSSR count). The Bertz CT molecular complexity index is 934. The van der Waals surface area contributed by atoms with E-state index in [0.29, 0.717) is 24.3 Å². The molecule has 24 heavy (non-hydrogen) atoms. The van der Waals surface area contributed by atoms with E-state index in [4.69, 9.17) is 5.26 Å². The quantitative estimate of drug-likeness (QED) is 0.923. The van der Waals surface area contributed by atoms with Crippen LogP contribution in [0.5, 0.6) is 0 Å². The maximum Gasteiger partial charge on any atom is 0.266 e. The summed E-state index contributed by atoms with van der Waals surface area (Å²) in [5.74, 6) is 0. The molecule has 1 saturated heterocycles. The average molecular weight is 343 g/mol. The van der Waals surface area contributed by atoms with Gasteiger partial charge < -0.3 is 4.98 Å². The van der Waals surface area contributed by atoms with Crippen LogP contribution >= 0.6 is 0 Å². The lowest BCUT2D eigenvalue weighted by molar-refractivity contribution is 0.346. The van der Waals surface area contributed by atoms with Gasteiger partial charge in [-0.3, -0.25) is 4.79 Å². The Morgan fingerprint density at radius 1 is 1.00 bits per heavy atom. The second-order valence-electron chi connectivity index (χ2n) is 5.72. The maximum atomic E-state index is 12.6. The number of sulfonamides is 1. The lowest BCUT2D eigenvalue weighted by atomic mass is 10.1. The third-order valence-corrected chi connectivity index (χ3v) is 6.06. The van der Waals surface area contributed by atoms with Crippen molar-refractivity contribution in [2.45, 2.75) is 24.2 Å². The first kappa shape index (κ1) is 16.4. The first-order chi connectivity index (χ1) is 11.5. The Morgan fingerprint density at radius 2 is 1.67 bits per heavy atom. The lowest BCUT2D eigenvalue weighted by Gasteiger charge is -2.25. The normalized spacial score (nSPS) is 15.8. The standard InChI is InChI=1S/C17H17N3O3S/c18-12-14-6-9-16(19-17(14)21)13-4-7-15(8-5-13)24(22,23)20-10-2-1-3-11-20/h4-9H,1-3,10-11H2,(H,19,21). The van der Waals surface area contributed by atoms with Crippen LogP contribution in [0.25, 0.3) is 11.3 Å². The van der Waals surface area contributed by atoms with Crippen molar-refractivity contribution in [2.24, 2.45) is 0 Å². The second kappa shape index (κ2) is 6.59. The minimum absolute atomic E-state index is 0.0445. The van der Waals surface area contributed by atoms with Crippen molar-refractivity contribution < 1.29 is 8.42 Å². The summed E-state index contributed by atoms with van der Waals surface area (Å²) in [6.45, 7) is 1.13. The van der Waals surface area contributed by atoms with Crippen molar-refractivity contribution in [3.05, 3.63) is 52.3 Å². The number of hydrogen-bond donors (Lipinski definition) is 1. The smallest absolute Gasteiger partial charge is 0.266 e. The van der Waals surface area contributed by atoms with Gasteiger partial charge in [0.1, 0.15) is 11.6 Å². The van der Waals surface area contributed by atoms with Gasteiger partial charge in [0.05, 0.1) is 4.90 Å². The van der Waals surface area contributed by atoms with Crippen LogP contribution in [0.1, 0.15) is 24.8 Å². The highest BCUT2D eigenvalue weighted by atomic mass is 32.2. The van der Waals surface area contributed by atoms with E-state index in [9.17, 15) is 13.2 Å². The van der Waals surface area contributed by atoms with Crippen molar-refractivity contribution in [2.75, 3.05) is 13.1 Å². The second-order valence-corrected chi connectivity index (χ2v) is 7.65. The molecule has 0 saturated carbocycles. The summed E-state index contributed by atoms with van der Waals surface area (Å²) in [4.78, 5) is 14.6. The Kier molecular flexibility index (Phi) is 4.51. The molecule has 2 heterocycles. The van der Waals surface area contributed by atoms with Gasteiger partial charge in [-0.1, -0.05) is 18.6 Å². The maximum absolute atomic E-state index is 12.6. The van der Waals surface area contributed by atoms with Crippen molar-refractivity contribution in [3.8, 4) is 17.3 Å². The van der Waals surface area contributed by atoms with Gasteiger partial charge in [0.25, 0.3) is 5.56 Å². The van der Waals surface area contributed by atoms with Gasteiger partial charge in [0.15, 0.2) is 0 Å². The molecule has 1 aromatic heterocycles. The number of nitriles is 1. The van der Waals surface area contributed by atoms with Crippen molar-refractivity contribution in [3.63, 3.8) is 0 Å². The van der Waals surface area contributed by atoms with Gasteiger partial charge in [-0.15, -0.1) is 0 Å². The summed E-state index contributed by atoms with van der Waals surface area (Å²) in [5, 5.41) is 8.79. The number of hydrogen-bond acceptors (Lipinski definition) is 4. The van der Waals surface area contributed by atoms with Gasteiger partial charge in [-0.2, -0.15) is 9.57 Å². The van der Waals surface area contributed by atoms with E-state index >= 15 is 0 Å². The average Bonchev–Trinajstić information content (AvgIpc) is 2.62. The molecule has 0 bridgehead atoms. The fourth-order valence-corrected chi connectivity index (χ4v) is 4.31. The fourth-order valence-electron chi connectivity index (χ4n) is 2.79. The van der Waals surface area contributed by atoms with Gasteiger partial charge in [-0.25, -0.2) is 8.42 Å². The predicted octanol–water partition coefficient (Wildman–Crippen LogP) is 2.09. The number of rotatable bonds is 3. The van der Waals surface area contributed by atoms with Gasteiger partial charge in [-0.05, 0) is 42.7 Å². The molecule has 0 amide bonds. The van der Waals surface area contributed by atoms with Gasteiger partial charge in [0.2, 0.25) is 10.0 Å². The number of nitrogens with zero attached hydrogens (tertiary/aromatic N) is 2. The van der Waals surface area contributed by atoms with Crippen molar-refractivity contribution >= 4 is 10.0 Å². The summed E-state index contributed by atoms with van der Waals surface area (Å²) in [5.41, 5.74) is 0.818.